The molecule has 8 nitrogen and oxygen atoms in total. The van der Waals surface area contributed by atoms with Crippen molar-refractivity contribution in [1.29, 1.82) is 0 Å². The van der Waals surface area contributed by atoms with E-state index in [0.29, 0.717) is 18.8 Å². The monoisotopic (exact) mass is 451 g/mol. The van der Waals surface area contributed by atoms with Gasteiger partial charge >= 0.3 is 5.97 Å². The first kappa shape index (κ1) is 24.3. The van der Waals surface area contributed by atoms with Crippen LogP contribution in [0.4, 0.5) is 5.69 Å². The van der Waals surface area contributed by atoms with Crippen molar-refractivity contribution in [3.63, 3.8) is 0 Å². The summed E-state index contributed by atoms with van der Waals surface area (Å²) in [7, 11) is 0. The number of carboxylic acids is 1. The van der Waals surface area contributed by atoms with Gasteiger partial charge < -0.3 is 20.6 Å². The molecule has 1 aliphatic rings. The van der Waals surface area contributed by atoms with Crippen molar-refractivity contribution in [2.24, 2.45) is 4.99 Å². The average molecular weight is 452 g/mol. The SMILES string of the molecule is CC(C)NC(=O)CN1CCN(C(=NCCc2ccccc2)Nc2cccc(C(=O)O)c2)CC1. The van der Waals surface area contributed by atoms with Gasteiger partial charge in [-0.2, -0.15) is 0 Å². The van der Waals surface area contributed by atoms with Crippen molar-refractivity contribution >= 4 is 23.5 Å². The molecular weight excluding hydrogens is 418 g/mol. The summed E-state index contributed by atoms with van der Waals surface area (Å²) < 4.78 is 0. The number of hydrogen-bond donors (Lipinski definition) is 3. The summed E-state index contributed by atoms with van der Waals surface area (Å²) in [6, 6.07) is 17.1. The predicted molar refractivity (Wildman–Crippen MR) is 131 cm³/mol. The van der Waals surface area contributed by atoms with E-state index in [4.69, 9.17) is 4.99 Å². The van der Waals surface area contributed by atoms with Crippen molar-refractivity contribution in [2.75, 3.05) is 44.6 Å². The average Bonchev–Trinajstić information content (AvgIpc) is 2.79. The summed E-state index contributed by atoms with van der Waals surface area (Å²) in [6.07, 6.45) is 0.816. The van der Waals surface area contributed by atoms with E-state index >= 15 is 0 Å². The summed E-state index contributed by atoms with van der Waals surface area (Å²) in [4.78, 5) is 32.6. The van der Waals surface area contributed by atoms with Gasteiger partial charge in [0.25, 0.3) is 0 Å². The van der Waals surface area contributed by atoms with Crippen LogP contribution in [-0.4, -0.2) is 78.1 Å². The zero-order chi connectivity index (χ0) is 23.6. The van der Waals surface area contributed by atoms with E-state index in [-0.39, 0.29) is 17.5 Å². The Morgan fingerprint density at radius 2 is 1.76 bits per heavy atom. The van der Waals surface area contributed by atoms with E-state index in [1.807, 2.05) is 38.1 Å². The fraction of sp³-hybridized carbons (Fsp3) is 0.400. The number of carbonyl (C=O) groups is 2. The third kappa shape index (κ3) is 7.91. The largest absolute Gasteiger partial charge is 0.478 e. The number of carboxylic acid groups (broad SMARTS) is 1. The van der Waals surface area contributed by atoms with Gasteiger partial charge in [0.2, 0.25) is 5.91 Å². The summed E-state index contributed by atoms with van der Waals surface area (Å²) in [6.45, 7) is 7.87. The summed E-state index contributed by atoms with van der Waals surface area (Å²) >= 11 is 0. The molecule has 0 saturated carbocycles. The fourth-order valence-corrected chi connectivity index (χ4v) is 3.70. The molecule has 8 heteroatoms. The predicted octanol–water partition coefficient (Wildman–Crippen LogP) is 2.54. The van der Waals surface area contributed by atoms with Crippen molar-refractivity contribution < 1.29 is 14.7 Å². The van der Waals surface area contributed by atoms with Gasteiger partial charge in [-0.3, -0.25) is 14.7 Å². The van der Waals surface area contributed by atoms with Gasteiger partial charge in [0, 0.05) is 44.5 Å². The first-order chi connectivity index (χ1) is 15.9. The Morgan fingerprint density at radius 1 is 1.03 bits per heavy atom. The topological polar surface area (TPSA) is 97.3 Å². The number of rotatable bonds is 8. The van der Waals surface area contributed by atoms with Crippen LogP contribution in [0.5, 0.6) is 0 Å². The highest BCUT2D eigenvalue weighted by atomic mass is 16.4. The molecule has 0 aromatic heterocycles. The number of carbonyl (C=O) groups excluding carboxylic acids is 1. The molecule has 0 unspecified atom stereocenters. The number of piperazine rings is 1. The Balaban J connectivity index is 1.66. The Kier molecular flexibility index (Phi) is 8.83. The fourth-order valence-electron chi connectivity index (χ4n) is 3.70. The highest BCUT2D eigenvalue weighted by Crippen LogP contribution is 2.13. The van der Waals surface area contributed by atoms with Crippen molar-refractivity contribution in [3.05, 3.63) is 65.7 Å². The maximum Gasteiger partial charge on any atom is 0.335 e. The molecule has 0 aliphatic carbocycles. The highest BCUT2D eigenvalue weighted by molar-refractivity contribution is 5.96. The van der Waals surface area contributed by atoms with Crippen LogP contribution in [-0.2, 0) is 11.2 Å². The molecule has 33 heavy (non-hydrogen) atoms. The second-order valence-corrected chi connectivity index (χ2v) is 8.44. The molecule has 0 spiro atoms. The lowest BCUT2D eigenvalue weighted by Gasteiger charge is -2.36. The van der Waals surface area contributed by atoms with Crippen LogP contribution in [0.1, 0.15) is 29.8 Å². The third-order valence-electron chi connectivity index (χ3n) is 5.36. The maximum absolute atomic E-state index is 12.1. The lowest BCUT2D eigenvalue weighted by atomic mass is 10.1. The van der Waals surface area contributed by atoms with E-state index in [0.717, 1.165) is 38.6 Å². The number of nitrogens with one attached hydrogen (secondary N) is 2. The van der Waals surface area contributed by atoms with Crippen LogP contribution >= 0.6 is 0 Å². The Bertz CT molecular complexity index is 954. The molecule has 0 atom stereocenters. The number of aromatic carboxylic acids is 1. The molecule has 2 aromatic rings. The van der Waals surface area contributed by atoms with Crippen molar-refractivity contribution in [2.45, 2.75) is 26.3 Å². The van der Waals surface area contributed by atoms with Crippen LogP contribution in [0.2, 0.25) is 0 Å². The highest BCUT2D eigenvalue weighted by Gasteiger charge is 2.22. The van der Waals surface area contributed by atoms with Crippen LogP contribution in [0, 0.1) is 0 Å². The van der Waals surface area contributed by atoms with Gasteiger partial charge in [-0.1, -0.05) is 36.4 Å². The lowest BCUT2D eigenvalue weighted by molar-refractivity contribution is -0.123. The second-order valence-electron chi connectivity index (χ2n) is 8.44. The van der Waals surface area contributed by atoms with Crippen LogP contribution in [0.3, 0.4) is 0 Å². The Labute approximate surface area is 195 Å². The van der Waals surface area contributed by atoms with E-state index in [1.54, 1.807) is 18.2 Å². The number of anilines is 1. The van der Waals surface area contributed by atoms with Gasteiger partial charge in [-0.25, -0.2) is 4.79 Å². The summed E-state index contributed by atoms with van der Waals surface area (Å²) in [5.74, 6) is -0.201. The lowest BCUT2D eigenvalue weighted by Crippen LogP contribution is -2.53. The number of hydrogen-bond acceptors (Lipinski definition) is 4. The minimum atomic E-state index is -0.963. The first-order valence-corrected chi connectivity index (χ1v) is 11.4. The molecule has 3 rings (SSSR count). The summed E-state index contributed by atoms with van der Waals surface area (Å²) in [5, 5.41) is 15.6. The molecule has 0 bridgehead atoms. The van der Waals surface area contributed by atoms with E-state index < -0.39 is 5.97 Å². The Morgan fingerprint density at radius 3 is 2.42 bits per heavy atom. The molecule has 1 saturated heterocycles. The minimum Gasteiger partial charge on any atom is -0.478 e. The Hall–Kier alpha value is -3.39. The maximum atomic E-state index is 12.1. The van der Waals surface area contributed by atoms with Gasteiger partial charge in [0.1, 0.15) is 0 Å². The second kappa shape index (κ2) is 12.0. The van der Waals surface area contributed by atoms with Crippen molar-refractivity contribution in [3.8, 4) is 0 Å². The number of amides is 1. The molecule has 1 aliphatic heterocycles. The molecule has 3 N–H and O–H groups in total. The molecule has 1 amide bonds. The van der Waals surface area contributed by atoms with Crippen LogP contribution in [0.15, 0.2) is 59.6 Å². The third-order valence-corrected chi connectivity index (χ3v) is 5.36. The molecular formula is C25H33N5O3. The minimum absolute atomic E-state index is 0.0406. The van der Waals surface area contributed by atoms with Gasteiger partial charge in [-0.15, -0.1) is 0 Å². The normalized spacial score (nSPS) is 14.9. The van der Waals surface area contributed by atoms with Gasteiger partial charge in [-0.05, 0) is 44.0 Å². The first-order valence-electron chi connectivity index (χ1n) is 11.4. The molecule has 0 radical (unpaired) electrons. The smallest absolute Gasteiger partial charge is 0.335 e. The number of nitrogens with zero attached hydrogens (tertiary/aromatic N) is 3. The standard InChI is InChI=1S/C25H33N5O3/c1-19(2)27-23(31)18-29-13-15-30(16-14-29)25(26-12-11-20-7-4-3-5-8-20)28-22-10-6-9-21(17-22)24(32)33/h3-10,17,19H,11-16,18H2,1-2H3,(H,26,28)(H,27,31)(H,32,33). The molecule has 1 fully saturated rings. The number of guanidine groups is 1. The zero-order valence-corrected chi connectivity index (χ0v) is 19.3. The van der Waals surface area contributed by atoms with Crippen molar-refractivity contribution in [1.82, 2.24) is 15.1 Å². The van der Waals surface area contributed by atoms with E-state index in [1.165, 1.54) is 5.56 Å². The summed E-state index contributed by atoms with van der Waals surface area (Å²) in [5.41, 5.74) is 2.13. The molecule has 176 valence electrons. The van der Waals surface area contributed by atoms with E-state index in [9.17, 15) is 14.7 Å². The van der Waals surface area contributed by atoms with E-state index in [2.05, 4.69) is 32.6 Å². The van der Waals surface area contributed by atoms with Gasteiger partial charge in [0.15, 0.2) is 5.96 Å². The molecule has 1 heterocycles. The van der Waals surface area contributed by atoms with Crippen LogP contribution in [0.25, 0.3) is 0 Å². The molecule has 2 aromatic carbocycles. The van der Waals surface area contributed by atoms with Gasteiger partial charge in [0.05, 0.1) is 12.1 Å². The zero-order valence-electron chi connectivity index (χ0n) is 19.3. The number of benzene rings is 2. The number of aliphatic imine (C=N–C) groups is 1. The van der Waals surface area contributed by atoms with Crippen LogP contribution < -0.4 is 10.6 Å². The quantitative estimate of drug-likeness (QED) is 0.422.